The second kappa shape index (κ2) is 4.44. The largest absolute Gasteiger partial charge is 0.303 e. The average molecular weight is 251 g/mol. The predicted molar refractivity (Wildman–Crippen MR) is 66.3 cm³/mol. The van der Waals surface area contributed by atoms with Gasteiger partial charge in [0.05, 0.1) is 5.75 Å². The highest BCUT2D eigenvalue weighted by Crippen LogP contribution is 2.45. The highest BCUT2D eigenvalue weighted by atomic mass is 32.2. The maximum Gasteiger partial charge on any atom is 0.191 e. The molecule has 0 spiro atoms. The van der Waals surface area contributed by atoms with Gasteiger partial charge in [0.1, 0.15) is 11.6 Å². The van der Waals surface area contributed by atoms with E-state index in [1.807, 2.05) is 6.92 Å². The summed E-state index contributed by atoms with van der Waals surface area (Å²) in [4.78, 5) is 11.4. The minimum absolute atomic E-state index is 0.285. The van der Waals surface area contributed by atoms with Gasteiger partial charge in [0, 0.05) is 18.4 Å². The van der Waals surface area contributed by atoms with Gasteiger partial charge in [0.2, 0.25) is 0 Å². The van der Waals surface area contributed by atoms with Gasteiger partial charge in [0.25, 0.3) is 0 Å². The zero-order valence-corrected chi connectivity index (χ0v) is 10.9. The number of nitrogens with zero attached hydrogens (tertiary/aromatic N) is 3. The van der Waals surface area contributed by atoms with Gasteiger partial charge in [-0.05, 0) is 25.7 Å². The lowest BCUT2D eigenvalue weighted by Crippen LogP contribution is -2.04. The lowest BCUT2D eigenvalue weighted by atomic mass is 10.4. The number of thioether (sulfide) groups is 1. The Balaban J connectivity index is 1.76. The predicted octanol–water partition coefficient (Wildman–Crippen LogP) is 2.56. The van der Waals surface area contributed by atoms with Crippen LogP contribution in [0.25, 0.3) is 0 Å². The molecule has 0 aromatic carbocycles. The molecule has 0 saturated heterocycles. The van der Waals surface area contributed by atoms with Crippen LogP contribution in [0.5, 0.6) is 0 Å². The van der Waals surface area contributed by atoms with Crippen molar-refractivity contribution in [1.29, 1.82) is 0 Å². The summed E-state index contributed by atoms with van der Waals surface area (Å²) in [5, 5.41) is 9.55. The molecule has 0 bridgehead atoms. The van der Waals surface area contributed by atoms with E-state index in [1.54, 1.807) is 11.8 Å². The van der Waals surface area contributed by atoms with E-state index in [0.717, 1.165) is 5.16 Å². The summed E-state index contributed by atoms with van der Waals surface area (Å²) in [6, 6.07) is 0.611. The first-order valence-electron chi connectivity index (χ1n) is 6.39. The van der Waals surface area contributed by atoms with Crippen molar-refractivity contribution in [3.05, 3.63) is 5.82 Å². The third-order valence-corrected chi connectivity index (χ3v) is 4.30. The van der Waals surface area contributed by atoms with E-state index in [1.165, 1.54) is 31.5 Å². The summed E-state index contributed by atoms with van der Waals surface area (Å²) < 4.78 is 2.30. The molecule has 92 valence electrons. The van der Waals surface area contributed by atoms with Gasteiger partial charge in [0.15, 0.2) is 5.16 Å². The fourth-order valence-electron chi connectivity index (χ4n) is 1.93. The van der Waals surface area contributed by atoms with Crippen molar-refractivity contribution in [2.24, 2.45) is 0 Å². The summed E-state index contributed by atoms with van der Waals surface area (Å²) in [5.41, 5.74) is 0. The second-order valence-electron chi connectivity index (χ2n) is 4.90. The first-order valence-corrected chi connectivity index (χ1v) is 7.37. The molecule has 0 amide bonds. The molecule has 17 heavy (non-hydrogen) atoms. The standard InChI is InChI=1S/C12H17N3OS/c1-2-10(16)7-17-12-14-13-11(8-3-4-8)15(12)9-5-6-9/h8-9H,2-7H2,1H3. The molecule has 5 heteroatoms. The Kier molecular flexibility index (Phi) is 2.94. The lowest BCUT2D eigenvalue weighted by molar-refractivity contribution is -0.116. The van der Waals surface area contributed by atoms with Crippen LogP contribution in [0, 0.1) is 0 Å². The van der Waals surface area contributed by atoms with Gasteiger partial charge >= 0.3 is 0 Å². The fraction of sp³-hybridized carbons (Fsp3) is 0.750. The molecule has 0 atom stereocenters. The van der Waals surface area contributed by atoms with Crippen LogP contribution < -0.4 is 0 Å². The molecule has 1 aromatic heterocycles. The van der Waals surface area contributed by atoms with Gasteiger partial charge in [-0.15, -0.1) is 10.2 Å². The summed E-state index contributed by atoms with van der Waals surface area (Å²) in [6.45, 7) is 1.91. The first-order chi connectivity index (χ1) is 8.29. The quantitative estimate of drug-likeness (QED) is 0.729. The van der Waals surface area contributed by atoms with Gasteiger partial charge in [-0.3, -0.25) is 4.79 Å². The molecule has 2 aliphatic rings. The zero-order valence-electron chi connectivity index (χ0n) is 10.1. The Morgan fingerprint density at radius 1 is 1.35 bits per heavy atom. The lowest BCUT2D eigenvalue weighted by Gasteiger charge is -2.07. The van der Waals surface area contributed by atoms with E-state index in [0.29, 0.717) is 24.1 Å². The highest BCUT2D eigenvalue weighted by molar-refractivity contribution is 7.99. The number of Topliss-reactive ketones (excluding diaryl/α,β-unsaturated/α-hetero) is 1. The summed E-state index contributed by atoms with van der Waals surface area (Å²) in [7, 11) is 0. The zero-order chi connectivity index (χ0) is 11.8. The Bertz CT molecular complexity index is 435. The minimum Gasteiger partial charge on any atom is -0.303 e. The topological polar surface area (TPSA) is 47.8 Å². The number of ketones is 1. The second-order valence-corrected chi connectivity index (χ2v) is 5.84. The number of aromatic nitrogens is 3. The van der Waals surface area contributed by atoms with Crippen molar-refractivity contribution in [2.75, 3.05) is 5.75 Å². The molecule has 2 saturated carbocycles. The molecule has 2 aliphatic carbocycles. The molecule has 3 rings (SSSR count). The Labute approximate surface area is 105 Å². The van der Waals surface area contributed by atoms with Crippen LogP contribution in [-0.2, 0) is 4.79 Å². The minimum atomic E-state index is 0.285. The van der Waals surface area contributed by atoms with E-state index in [4.69, 9.17) is 0 Å². The molecule has 0 N–H and O–H groups in total. The molecule has 1 aromatic rings. The normalized spacial score (nSPS) is 19.6. The number of rotatable bonds is 6. The third kappa shape index (κ3) is 2.39. The monoisotopic (exact) mass is 251 g/mol. The van der Waals surface area contributed by atoms with Gasteiger partial charge < -0.3 is 4.57 Å². The van der Waals surface area contributed by atoms with Crippen LogP contribution in [0.15, 0.2) is 5.16 Å². The maximum absolute atomic E-state index is 11.4. The summed E-state index contributed by atoms with van der Waals surface area (Å²) in [6.07, 6.45) is 5.60. The van der Waals surface area contributed by atoms with Gasteiger partial charge in [-0.25, -0.2) is 0 Å². The van der Waals surface area contributed by atoms with Crippen molar-refractivity contribution in [3.8, 4) is 0 Å². The molecule has 0 radical (unpaired) electrons. The van der Waals surface area contributed by atoms with Crippen LogP contribution in [0.3, 0.4) is 0 Å². The molecular formula is C12H17N3OS. The molecule has 0 aliphatic heterocycles. The molecular weight excluding hydrogens is 234 g/mol. The number of carbonyl (C=O) groups is 1. The van der Waals surface area contributed by atoms with Gasteiger partial charge in [-0.2, -0.15) is 0 Å². The van der Waals surface area contributed by atoms with Crippen LogP contribution in [0.2, 0.25) is 0 Å². The van der Waals surface area contributed by atoms with E-state index in [9.17, 15) is 4.79 Å². The summed E-state index contributed by atoms with van der Waals surface area (Å²) in [5.74, 6) is 2.62. The van der Waals surface area contributed by atoms with Crippen molar-refractivity contribution in [1.82, 2.24) is 14.8 Å². The molecule has 4 nitrogen and oxygen atoms in total. The van der Waals surface area contributed by atoms with Crippen LogP contribution in [-0.4, -0.2) is 26.3 Å². The number of hydrogen-bond acceptors (Lipinski definition) is 4. The highest BCUT2D eigenvalue weighted by Gasteiger charge is 2.36. The maximum atomic E-state index is 11.4. The van der Waals surface area contributed by atoms with Gasteiger partial charge in [-0.1, -0.05) is 18.7 Å². The van der Waals surface area contributed by atoms with E-state index in [2.05, 4.69) is 14.8 Å². The third-order valence-electron chi connectivity index (χ3n) is 3.30. The number of carbonyl (C=O) groups excluding carboxylic acids is 1. The Morgan fingerprint density at radius 3 is 2.71 bits per heavy atom. The van der Waals surface area contributed by atoms with E-state index in [-0.39, 0.29) is 5.78 Å². The van der Waals surface area contributed by atoms with Crippen molar-refractivity contribution < 1.29 is 4.79 Å². The molecule has 2 fully saturated rings. The first kappa shape index (κ1) is 11.3. The fourth-order valence-corrected chi connectivity index (χ4v) is 2.90. The van der Waals surface area contributed by atoms with Crippen molar-refractivity contribution >= 4 is 17.5 Å². The average Bonchev–Trinajstić information content (AvgIpc) is 3.24. The number of hydrogen-bond donors (Lipinski definition) is 0. The van der Waals surface area contributed by atoms with Crippen LogP contribution >= 0.6 is 11.8 Å². The molecule has 0 unspecified atom stereocenters. The van der Waals surface area contributed by atoms with E-state index < -0.39 is 0 Å². The van der Waals surface area contributed by atoms with Crippen LogP contribution in [0.1, 0.15) is 56.8 Å². The smallest absolute Gasteiger partial charge is 0.191 e. The van der Waals surface area contributed by atoms with Crippen molar-refractivity contribution in [2.45, 2.75) is 56.1 Å². The van der Waals surface area contributed by atoms with Crippen LogP contribution in [0.4, 0.5) is 0 Å². The SMILES string of the molecule is CCC(=O)CSc1nnc(C2CC2)n1C1CC1. The van der Waals surface area contributed by atoms with E-state index >= 15 is 0 Å². The van der Waals surface area contributed by atoms with Crippen molar-refractivity contribution in [3.63, 3.8) is 0 Å². The Morgan fingerprint density at radius 2 is 2.12 bits per heavy atom. The molecule has 1 heterocycles. The summed E-state index contributed by atoms with van der Waals surface area (Å²) >= 11 is 1.55. The Hall–Kier alpha value is -0.840.